The van der Waals surface area contributed by atoms with E-state index in [0.717, 1.165) is 24.2 Å². The maximum Gasteiger partial charge on any atom is 0.137 e. The van der Waals surface area contributed by atoms with Crippen molar-refractivity contribution in [2.75, 3.05) is 0 Å². The highest BCUT2D eigenvalue weighted by molar-refractivity contribution is 5.79. The third kappa shape index (κ3) is 2.04. The Hall–Kier alpha value is -2.16. The number of nitrogens with one attached hydrogen (secondary N) is 1. The Bertz CT molecular complexity index is 613. The van der Waals surface area contributed by atoms with Crippen LogP contribution in [0.5, 0.6) is 0 Å². The van der Waals surface area contributed by atoms with Crippen molar-refractivity contribution in [3.05, 3.63) is 60.2 Å². The van der Waals surface area contributed by atoms with Crippen LogP contribution in [0.3, 0.4) is 0 Å². The summed E-state index contributed by atoms with van der Waals surface area (Å²) in [5, 5.41) is 1.21. The quantitative estimate of drug-likeness (QED) is 0.741. The van der Waals surface area contributed by atoms with Crippen molar-refractivity contribution in [3.63, 3.8) is 0 Å². The molecular weight excluding hydrogens is 210 g/mol. The number of pyridine rings is 2. The number of fused-ring (bicyclic) bond motifs is 1. The maximum atomic E-state index is 4.33. The standard InChI is InChI=1S/C14H13N3/c1-2-8-15-12(4-1)7-6-11-10-17-14-13(11)5-3-9-16-14/h1-5,8-10H,6-7H2,(H,16,17). The number of nitrogens with zero attached hydrogens (tertiary/aromatic N) is 2. The Kier molecular flexibility index (Phi) is 2.58. The predicted octanol–water partition coefficient (Wildman–Crippen LogP) is 2.74. The number of aromatic nitrogens is 3. The molecule has 0 bridgehead atoms. The first kappa shape index (κ1) is 10.0. The summed E-state index contributed by atoms with van der Waals surface area (Å²) in [6.07, 6.45) is 7.64. The molecule has 0 unspecified atom stereocenters. The molecule has 3 heterocycles. The lowest BCUT2D eigenvalue weighted by molar-refractivity contribution is 0.919. The third-order valence-corrected chi connectivity index (χ3v) is 2.91. The van der Waals surface area contributed by atoms with Gasteiger partial charge in [-0.25, -0.2) is 4.98 Å². The van der Waals surface area contributed by atoms with Gasteiger partial charge in [-0.15, -0.1) is 0 Å². The second-order valence-electron chi connectivity index (χ2n) is 4.03. The van der Waals surface area contributed by atoms with Gasteiger partial charge in [-0.1, -0.05) is 6.07 Å². The summed E-state index contributed by atoms with van der Waals surface area (Å²) in [5.74, 6) is 0. The summed E-state index contributed by atoms with van der Waals surface area (Å²) in [6, 6.07) is 10.1. The highest BCUT2D eigenvalue weighted by Gasteiger charge is 2.04. The number of hydrogen-bond acceptors (Lipinski definition) is 2. The van der Waals surface area contributed by atoms with Crippen LogP contribution in [0.2, 0.25) is 0 Å². The van der Waals surface area contributed by atoms with E-state index < -0.39 is 0 Å². The van der Waals surface area contributed by atoms with Gasteiger partial charge in [-0.3, -0.25) is 4.98 Å². The summed E-state index contributed by atoms with van der Waals surface area (Å²) >= 11 is 0. The summed E-state index contributed by atoms with van der Waals surface area (Å²) < 4.78 is 0. The molecule has 3 heteroatoms. The third-order valence-electron chi connectivity index (χ3n) is 2.91. The van der Waals surface area contributed by atoms with E-state index in [4.69, 9.17) is 0 Å². The molecule has 0 aliphatic rings. The van der Waals surface area contributed by atoms with Gasteiger partial charge in [0.1, 0.15) is 5.65 Å². The molecule has 0 aromatic carbocycles. The molecule has 0 aliphatic carbocycles. The molecule has 0 fully saturated rings. The first-order chi connectivity index (χ1) is 8.43. The van der Waals surface area contributed by atoms with Crippen LogP contribution in [0.15, 0.2) is 48.9 Å². The minimum Gasteiger partial charge on any atom is -0.346 e. The molecule has 0 saturated carbocycles. The number of hydrogen-bond donors (Lipinski definition) is 1. The van der Waals surface area contributed by atoms with Crippen molar-refractivity contribution in [3.8, 4) is 0 Å². The average Bonchev–Trinajstić information content (AvgIpc) is 2.81. The zero-order chi connectivity index (χ0) is 11.5. The number of H-pyrrole nitrogens is 1. The van der Waals surface area contributed by atoms with Gasteiger partial charge < -0.3 is 4.98 Å². The van der Waals surface area contributed by atoms with Gasteiger partial charge in [-0.2, -0.15) is 0 Å². The van der Waals surface area contributed by atoms with Gasteiger partial charge in [-0.05, 0) is 42.7 Å². The van der Waals surface area contributed by atoms with Gasteiger partial charge >= 0.3 is 0 Å². The van der Waals surface area contributed by atoms with Crippen molar-refractivity contribution < 1.29 is 0 Å². The van der Waals surface area contributed by atoms with E-state index in [2.05, 4.69) is 27.1 Å². The maximum absolute atomic E-state index is 4.33. The normalized spacial score (nSPS) is 10.8. The van der Waals surface area contributed by atoms with Crippen LogP contribution in [0.4, 0.5) is 0 Å². The molecule has 0 atom stereocenters. The fourth-order valence-electron chi connectivity index (χ4n) is 2.03. The van der Waals surface area contributed by atoms with E-state index in [-0.39, 0.29) is 0 Å². The summed E-state index contributed by atoms with van der Waals surface area (Å²) in [5.41, 5.74) is 3.40. The lowest BCUT2D eigenvalue weighted by Crippen LogP contribution is -1.92. The number of aryl methyl sites for hydroxylation is 2. The Morgan fingerprint density at radius 2 is 1.88 bits per heavy atom. The van der Waals surface area contributed by atoms with Crippen LogP contribution < -0.4 is 0 Å². The van der Waals surface area contributed by atoms with Crippen molar-refractivity contribution in [2.45, 2.75) is 12.8 Å². The molecule has 84 valence electrons. The summed E-state index contributed by atoms with van der Waals surface area (Å²) in [7, 11) is 0. The van der Waals surface area contributed by atoms with Crippen molar-refractivity contribution in [1.82, 2.24) is 15.0 Å². The highest BCUT2D eigenvalue weighted by atomic mass is 14.8. The molecule has 3 aromatic rings. The second-order valence-corrected chi connectivity index (χ2v) is 4.03. The molecular formula is C14H13N3. The average molecular weight is 223 g/mol. The van der Waals surface area contributed by atoms with E-state index in [9.17, 15) is 0 Å². The number of aromatic amines is 1. The zero-order valence-electron chi connectivity index (χ0n) is 9.43. The second kappa shape index (κ2) is 4.37. The first-order valence-electron chi connectivity index (χ1n) is 5.74. The van der Waals surface area contributed by atoms with Crippen molar-refractivity contribution >= 4 is 11.0 Å². The van der Waals surface area contributed by atoms with Crippen LogP contribution >= 0.6 is 0 Å². The van der Waals surface area contributed by atoms with Gasteiger partial charge in [0.2, 0.25) is 0 Å². The molecule has 3 aromatic heterocycles. The fourth-order valence-corrected chi connectivity index (χ4v) is 2.03. The van der Waals surface area contributed by atoms with Gasteiger partial charge in [0.05, 0.1) is 0 Å². The first-order valence-corrected chi connectivity index (χ1v) is 5.74. The van der Waals surface area contributed by atoms with Crippen molar-refractivity contribution in [1.29, 1.82) is 0 Å². The smallest absolute Gasteiger partial charge is 0.137 e. The summed E-state index contributed by atoms with van der Waals surface area (Å²) in [4.78, 5) is 11.8. The molecule has 3 nitrogen and oxygen atoms in total. The van der Waals surface area contributed by atoms with Gasteiger partial charge in [0, 0.05) is 29.7 Å². The minimum atomic E-state index is 0.961. The topological polar surface area (TPSA) is 41.6 Å². The molecule has 3 rings (SSSR count). The molecule has 1 N–H and O–H groups in total. The molecule has 17 heavy (non-hydrogen) atoms. The van der Waals surface area contributed by atoms with E-state index in [1.807, 2.05) is 30.6 Å². The zero-order valence-corrected chi connectivity index (χ0v) is 9.43. The van der Waals surface area contributed by atoms with Gasteiger partial charge in [0.15, 0.2) is 0 Å². The van der Waals surface area contributed by atoms with Crippen molar-refractivity contribution in [2.24, 2.45) is 0 Å². The monoisotopic (exact) mass is 223 g/mol. The molecule has 0 spiro atoms. The van der Waals surface area contributed by atoms with Crippen LogP contribution in [0, 0.1) is 0 Å². The Balaban J connectivity index is 1.82. The Labute approximate surface area is 99.5 Å². The van der Waals surface area contributed by atoms with E-state index >= 15 is 0 Å². The van der Waals surface area contributed by atoms with Crippen LogP contribution in [0.1, 0.15) is 11.3 Å². The highest BCUT2D eigenvalue weighted by Crippen LogP contribution is 2.17. The van der Waals surface area contributed by atoms with Crippen LogP contribution in [0.25, 0.3) is 11.0 Å². The molecule has 0 saturated heterocycles. The lowest BCUT2D eigenvalue weighted by Gasteiger charge is -1.99. The van der Waals surface area contributed by atoms with Crippen LogP contribution in [-0.2, 0) is 12.8 Å². The largest absolute Gasteiger partial charge is 0.346 e. The van der Waals surface area contributed by atoms with Crippen LogP contribution in [-0.4, -0.2) is 15.0 Å². The molecule has 0 amide bonds. The fraction of sp³-hybridized carbons (Fsp3) is 0.143. The Morgan fingerprint density at radius 1 is 0.941 bits per heavy atom. The van der Waals surface area contributed by atoms with E-state index in [1.54, 1.807) is 6.20 Å². The lowest BCUT2D eigenvalue weighted by atomic mass is 10.1. The number of rotatable bonds is 3. The van der Waals surface area contributed by atoms with E-state index in [0.29, 0.717) is 0 Å². The molecule has 0 aliphatic heterocycles. The molecule has 0 radical (unpaired) electrons. The minimum absolute atomic E-state index is 0.961. The van der Waals surface area contributed by atoms with E-state index in [1.165, 1.54) is 10.9 Å². The predicted molar refractivity (Wildman–Crippen MR) is 67.7 cm³/mol. The summed E-state index contributed by atoms with van der Waals surface area (Å²) in [6.45, 7) is 0. The SMILES string of the molecule is c1ccc(CCc2c[nH]c3ncccc23)nc1. The van der Waals surface area contributed by atoms with Gasteiger partial charge in [0.25, 0.3) is 0 Å². The Morgan fingerprint density at radius 3 is 2.76 bits per heavy atom.